The third-order valence-electron chi connectivity index (χ3n) is 2.41. The summed E-state index contributed by atoms with van der Waals surface area (Å²) >= 11 is 5.80. The van der Waals surface area contributed by atoms with Gasteiger partial charge in [0.1, 0.15) is 0 Å². The van der Waals surface area contributed by atoms with Crippen LogP contribution in [0.5, 0.6) is 0 Å². The molecule has 2 nitrogen and oxygen atoms in total. The van der Waals surface area contributed by atoms with Crippen molar-refractivity contribution in [1.82, 2.24) is 9.55 Å². The predicted molar refractivity (Wildman–Crippen MR) is 69.3 cm³/mol. The van der Waals surface area contributed by atoms with Gasteiger partial charge >= 0.3 is 0 Å². The molecule has 0 atom stereocenters. The van der Waals surface area contributed by atoms with E-state index < -0.39 is 0 Å². The molecule has 0 saturated heterocycles. The summed E-state index contributed by atoms with van der Waals surface area (Å²) in [6.07, 6.45) is 3.62. The van der Waals surface area contributed by atoms with Crippen LogP contribution in [0.25, 0.3) is 0 Å². The molecule has 2 rings (SSSR count). The van der Waals surface area contributed by atoms with Gasteiger partial charge in [-0.05, 0) is 12.5 Å². The molecule has 0 amide bonds. The maximum Gasteiger partial charge on any atom is 0.0951 e. The summed E-state index contributed by atoms with van der Waals surface area (Å²) in [4.78, 5) is 4.09. The molecule has 0 saturated carbocycles. The van der Waals surface area contributed by atoms with Gasteiger partial charge in [0, 0.05) is 12.7 Å². The quantitative estimate of drug-likeness (QED) is 0.770. The summed E-state index contributed by atoms with van der Waals surface area (Å²) in [7, 11) is 0. The zero-order valence-corrected chi connectivity index (χ0v) is 10.6. The molecule has 0 bridgehead atoms. The van der Waals surface area contributed by atoms with Crippen LogP contribution in [0.3, 0.4) is 0 Å². The molecule has 0 aliphatic carbocycles. The Balaban J connectivity index is 0.00000128. The second kappa shape index (κ2) is 5.92. The van der Waals surface area contributed by atoms with E-state index in [4.69, 9.17) is 11.6 Å². The van der Waals surface area contributed by atoms with Crippen LogP contribution in [0.2, 0.25) is 0 Å². The summed E-state index contributed by atoms with van der Waals surface area (Å²) in [6, 6.07) is 8.50. The van der Waals surface area contributed by atoms with Gasteiger partial charge in [-0.15, -0.1) is 24.0 Å². The smallest absolute Gasteiger partial charge is 0.0951 e. The Labute approximate surface area is 107 Å². The van der Waals surface area contributed by atoms with Crippen molar-refractivity contribution in [2.75, 3.05) is 0 Å². The first-order chi connectivity index (χ1) is 7.29. The average molecular weight is 257 g/mol. The zero-order valence-electron chi connectivity index (χ0n) is 9.06. The number of hydrogen-bond acceptors (Lipinski definition) is 1. The minimum Gasteiger partial charge on any atom is -0.329 e. The molecular weight excluding hydrogens is 243 g/mol. The Hall–Kier alpha value is -0.990. The first kappa shape index (κ1) is 13.1. The molecular formula is C12H14Cl2N2. The summed E-state index contributed by atoms with van der Waals surface area (Å²) in [5.41, 5.74) is 3.60. The lowest BCUT2D eigenvalue weighted by Crippen LogP contribution is -2.01. The van der Waals surface area contributed by atoms with Crippen molar-refractivity contribution in [2.45, 2.75) is 19.3 Å². The molecule has 0 aliphatic rings. The summed E-state index contributed by atoms with van der Waals surface area (Å²) in [5, 5.41) is 0. The van der Waals surface area contributed by atoms with Gasteiger partial charge in [-0.25, -0.2) is 4.98 Å². The predicted octanol–water partition coefficient (Wildman–Crippen LogP) is 3.40. The topological polar surface area (TPSA) is 17.8 Å². The minimum absolute atomic E-state index is 0. The van der Waals surface area contributed by atoms with Gasteiger partial charge in [0.15, 0.2) is 0 Å². The van der Waals surface area contributed by atoms with Crippen LogP contribution >= 0.6 is 24.0 Å². The normalized spacial score (nSPS) is 9.88. The van der Waals surface area contributed by atoms with Gasteiger partial charge in [0.25, 0.3) is 0 Å². The molecule has 0 spiro atoms. The molecule has 86 valence electrons. The van der Waals surface area contributed by atoms with Crippen molar-refractivity contribution in [1.29, 1.82) is 0 Å². The molecule has 1 aromatic carbocycles. The Morgan fingerprint density at radius 2 is 1.94 bits per heavy atom. The fourth-order valence-electron chi connectivity index (χ4n) is 1.49. The number of alkyl halides is 1. The molecule has 1 aromatic heterocycles. The molecule has 0 fully saturated rings. The molecule has 4 heteroatoms. The summed E-state index contributed by atoms with van der Waals surface area (Å²) in [5.74, 6) is 0.506. The molecule has 2 aromatic rings. The number of aromatic nitrogens is 2. The minimum atomic E-state index is 0. The van der Waals surface area contributed by atoms with Crippen molar-refractivity contribution < 1.29 is 0 Å². The number of imidazole rings is 1. The fourth-order valence-corrected chi connectivity index (χ4v) is 1.71. The molecule has 16 heavy (non-hydrogen) atoms. The zero-order chi connectivity index (χ0) is 10.7. The van der Waals surface area contributed by atoms with Gasteiger partial charge in [0.05, 0.1) is 17.9 Å². The molecule has 1 heterocycles. The van der Waals surface area contributed by atoms with Crippen molar-refractivity contribution >= 4 is 24.0 Å². The van der Waals surface area contributed by atoms with E-state index in [1.807, 2.05) is 6.33 Å². The number of rotatable bonds is 3. The number of halogens is 2. The lowest BCUT2D eigenvalue weighted by molar-refractivity contribution is 0.765. The number of hydrogen-bond donors (Lipinski definition) is 0. The highest BCUT2D eigenvalue weighted by Gasteiger charge is 2.00. The summed E-state index contributed by atoms with van der Waals surface area (Å²) in [6.45, 7) is 2.92. The highest BCUT2D eigenvalue weighted by molar-refractivity contribution is 6.16. The Morgan fingerprint density at radius 3 is 2.56 bits per heavy atom. The van der Waals surface area contributed by atoms with Crippen LogP contribution in [0.15, 0.2) is 36.8 Å². The number of aryl methyl sites for hydroxylation is 1. The van der Waals surface area contributed by atoms with Crippen LogP contribution < -0.4 is 0 Å². The van der Waals surface area contributed by atoms with Crippen molar-refractivity contribution in [2.24, 2.45) is 0 Å². The van der Waals surface area contributed by atoms with Crippen LogP contribution in [0.4, 0.5) is 0 Å². The highest BCUT2D eigenvalue weighted by Crippen LogP contribution is 2.09. The first-order valence-corrected chi connectivity index (χ1v) is 5.43. The van der Waals surface area contributed by atoms with Crippen LogP contribution in [0, 0.1) is 6.92 Å². The van der Waals surface area contributed by atoms with E-state index in [-0.39, 0.29) is 12.4 Å². The van der Waals surface area contributed by atoms with E-state index in [1.54, 1.807) is 6.20 Å². The van der Waals surface area contributed by atoms with Crippen LogP contribution in [-0.2, 0) is 12.4 Å². The van der Waals surface area contributed by atoms with Gasteiger partial charge < -0.3 is 4.57 Å². The lowest BCUT2D eigenvalue weighted by Gasteiger charge is -2.06. The first-order valence-electron chi connectivity index (χ1n) is 4.90. The second-order valence-corrected chi connectivity index (χ2v) is 3.90. The van der Waals surface area contributed by atoms with Crippen LogP contribution in [-0.4, -0.2) is 9.55 Å². The van der Waals surface area contributed by atoms with Gasteiger partial charge in [0.2, 0.25) is 0 Å². The number of nitrogens with zero attached hydrogens (tertiary/aromatic N) is 2. The van der Waals surface area contributed by atoms with E-state index in [9.17, 15) is 0 Å². The van der Waals surface area contributed by atoms with E-state index in [1.165, 1.54) is 11.1 Å². The van der Waals surface area contributed by atoms with Gasteiger partial charge in [-0.3, -0.25) is 0 Å². The third kappa shape index (κ3) is 3.00. The van der Waals surface area contributed by atoms with Gasteiger partial charge in [-0.2, -0.15) is 0 Å². The van der Waals surface area contributed by atoms with Crippen molar-refractivity contribution in [3.05, 3.63) is 53.6 Å². The molecule has 0 unspecified atom stereocenters. The SMILES string of the molecule is Cc1ccc(Cn2cncc2CCl)cc1.Cl. The lowest BCUT2D eigenvalue weighted by atomic mass is 10.1. The van der Waals surface area contributed by atoms with Crippen molar-refractivity contribution in [3.8, 4) is 0 Å². The Morgan fingerprint density at radius 1 is 1.25 bits per heavy atom. The van der Waals surface area contributed by atoms with Crippen LogP contribution in [0.1, 0.15) is 16.8 Å². The highest BCUT2D eigenvalue weighted by atomic mass is 35.5. The molecule has 0 N–H and O–H groups in total. The van der Waals surface area contributed by atoms with E-state index in [2.05, 4.69) is 40.7 Å². The fraction of sp³-hybridized carbons (Fsp3) is 0.250. The Kier molecular flexibility index (Phi) is 4.84. The van der Waals surface area contributed by atoms with Crippen molar-refractivity contribution in [3.63, 3.8) is 0 Å². The van der Waals surface area contributed by atoms with E-state index in [0.717, 1.165) is 12.2 Å². The van der Waals surface area contributed by atoms with E-state index in [0.29, 0.717) is 5.88 Å². The maximum absolute atomic E-state index is 5.80. The largest absolute Gasteiger partial charge is 0.329 e. The molecule has 0 aliphatic heterocycles. The van der Waals surface area contributed by atoms with Gasteiger partial charge in [-0.1, -0.05) is 29.8 Å². The monoisotopic (exact) mass is 256 g/mol. The number of benzene rings is 1. The Bertz CT molecular complexity index is 435. The second-order valence-electron chi connectivity index (χ2n) is 3.63. The standard InChI is InChI=1S/C12H13ClN2.ClH/c1-10-2-4-11(5-3-10)8-15-9-14-7-12(15)6-13;/h2-5,7,9H,6,8H2,1H3;1H. The third-order valence-corrected chi connectivity index (χ3v) is 2.68. The average Bonchev–Trinajstić information content (AvgIpc) is 2.69. The summed E-state index contributed by atoms with van der Waals surface area (Å²) < 4.78 is 2.07. The van der Waals surface area contributed by atoms with E-state index >= 15 is 0 Å². The maximum atomic E-state index is 5.80. The molecule has 0 radical (unpaired) electrons.